The van der Waals surface area contributed by atoms with Gasteiger partial charge in [0.25, 0.3) is 5.91 Å². The van der Waals surface area contributed by atoms with Crippen LogP contribution in [0.3, 0.4) is 0 Å². The van der Waals surface area contributed by atoms with E-state index >= 15 is 0 Å². The molecule has 2 atom stereocenters. The minimum Gasteiger partial charge on any atom is -0.394 e. The molecule has 1 aliphatic rings. The number of aromatic nitrogens is 4. The molecule has 0 saturated carbocycles. The second-order valence-corrected chi connectivity index (χ2v) is 7.29. The number of carbonyl (C=O) groups is 1. The van der Waals surface area contributed by atoms with Crippen molar-refractivity contribution in [2.75, 3.05) is 12.3 Å². The molecule has 162 valence electrons. The standard InChI is InChI=1S/C23H21FN6O2/c24-18-10-15(21-22(25)26-12-19(29-21)16-8-9-27-28-11-16)6-7-17(18)23(32)30-20(13-31)14-4-2-1-3-5-14/h1-4,6-12,14,20,31H,5,13H2,(H2,25,26)(H,30,32)/t14?,20-/m1/s1. The molecule has 1 amide bonds. The lowest BCUT2D eigenvalue weighted by molar-refractivity contribution is 0.0895. The minimum atomic E-state index is -0.729. The van der Waals surface area contributed by atoms with Gasteiger partial charge in [-0.25, -0.2) is 14.4 Å². The monoisotopic (exact) mass is 432 g/mol. The van der Waals surface area contributed by atoms with Crippen LogP contribution >= 0.6 is 0 Å². The van der Waals surface area contributed by atoms with Crippen LogP contribution in [-0.4, -0.2) is 43.8 Å². The Balaban J connectivity index is 1.58. The van der Waals surface area contributed by atoms with Gasteiger partial charge in [-0.2, -0.15) is 10.2 Å². The number of nitrogens with one attached hydrogen (secondary N) is 1. The maximum absolute atomic E-state index is 14.9. The summed E-state index contributed by atoms with van der Waals surface area (Å²) in [5.74, 6) is -1.26. The minimum absolute atomic E-state index is 0.0585. The molecule has 2 aromatic heterocycles. The Morgan fingerprint density at radius 2 is 2.09 bits per heavy atom. The van der Waals surface area contributed by atoms with Crippen molar-refractivity contribution in [3.63, 3.8) is 0 Å². The van der Waals surface area contributed by atoms with Crippen molar-refractivity contribution in [2.45, 2.75) is 12.5 Å². The van der Waals surface area contributed by atoms with Gasteiger partial charge in [0, 0.05) is 17.0 Å². The molecule has 3 aromatic rings. The Kier molecular flexibility index (Phi) is 6.27. The van der Waals surface area contributed by atoms with E-state index in [4.69, 9.17) is 5.73 Å². The zero-order valence-electron chi connectivity index (χ0n) is 17.0. The van der Waals surface area contributed by atoms with E-state index in [2.05, 4.69) is 25.5 Å². The van der Waals surface area contributed by atoms with Crippen LogP contribution in [0, 0.1) is 11.7 Å². The number of nitrogens with two attached hydrogens (primary N) is 1. The van der Waals surface area contributed by atoms with E-state index in [0.29, 0.717) is 23.2 Å². The fraction of sp³-hybridized carbons (Fsp3) is 0.174. The number of halogens is 1. The van der Waals surface area contributed by atoms with Crippen molar-refractivity contribution in [1.29, 1.82) is 0 Å². The average molecular weight is 432 g/mol. The summed E-state index contributed by atoms with van der Waals surface area (Å²) in [5.41, 5.74) is 7.70. The van der Waals surface area contributed by atoms with Gasteiger partial charge < -0.3 is 16.2 Å². The number of aliphatic hydroxyl groups excluding tert-OH is 1. The van der Waals surface area contributed by atoms with Gasteiger partial charge in [0.05, 0.1) is 42.5 Å². The first-order valence-corrected chi connectivity index (χ1v) is 10.0. The van der Waals surface area contributed by atoms with E-state index < -0.39 is 17.8 Å². The molecule has 8 nitrogen and oxygen atoms in total. The lowest BCUT2D eigenvalue weighted by Gasteiger charge is -2.24. The first-order valence-electron chi connectivity index (χ1n) is 10.0. The second-order valence-electron chi connectivity index (χ2n) is 7.29. The molecule has 4 N–H and O–H groups in total. The molecule has 9 heteroatoms. The first-order chi connectivity index (χ1) is 15.6. The summed E-state index contributed by atoms with van der Waals surface area (Å²) in [6.45, 7) is -0.253. The van der Waals surface area contributed by atoms with E-state index in [1.807, 2.05) is 24.3 Å². The highest BCUT2D eigenvalue weighted by molar-refractivity contribution is 5.95. The van der Waals surface area contributed by atoms with Crippen LogP contribution in [0.2, 0.25) is 0 Å². The largest absolute Gasteiger partial charge is 0.394 e. The molecule has 1 aliphatic carbocycles. The maximum atomic E-state index is 14.9. The van der Waals surface area contributed by atoms with Crippen LogP contribution in [0.15, 0.2) is 67.2 Å². The van der Waals surface area contributed by atoms with Crippen LogP contribution in [-0.2, 0) is 0 Å². The lowest BCUT2D eigenvalue weighted by atomic mass is 9.93. The van der Waals surface area contributed by atoms with E-state index in [0.717, 1.165) is 0 Å². The number of rotatable bonds is 6. The molecule has 0 saturated heterocycles. The Hall–Kier alpha value is -3.98. The van der Waals surface area contributed by atoms with Crippen LogP contribution < -0.4 is 11.1 Å². The predicted molar refractivity (Wildman–Crippen MR) is 118 cm³/mol. The molecule has 1 unspecified atom stereocenters. The third kappa shape index (κ3) is 4.52. The van der Waals surface area contributed by atoms with Gasteiger partial charge in [0.1, 0.15) is 17.3 Å². The fourth-order valence-corrected chi connectivity index (χ4v) is 3.47. The Labute approximate surface area is 183 Å². The third-order valence-electron chi connectivity index (χ3n) is 5.21. The van der Waals surface area contributed by atoms with Crippen LogP contribution in [0.5, 0.6) is 0 Å². The number of aliphatic hydroxyl groups is 1. The zero-order valence-corrected chi connectivity index (χ0v) is 17.0. The van der Waals surface area contributed by atoms with Gasteiger partial charge in [-0.05, 0) is 24.6 Å². The zero-order chi connectivity index (χ0) is 22.5. The van der Waals surface area contributed by atoms with E-state index in [1.54, 1.807) is 12.1 Å². The molecule has 1 aromatic carbocycles. The molecular formula is C23H21FN6O2. The van der Waals surface area contributed by atoms with Gasteiger partial charge in [-0.1, -0.05) is 30.4 Å². The van der Waals surface area contributed by atoms with Gasteiger partial charge in [-0.3, -0.25) is 4.79 Å². The topological polar surface area (TPSA) is 127 Å². The molecule has 2 heterocycles. The molecule has 32 heavy (non-hydrogen) atoms. The smallest absolute Gasteiger partial charge is 0.254 e. The van der Waals surface area contributed by atoms with Crippen molar-refractivity contribution >= 4 is 11.7 Å². The number of hydrogen-bond donors (Lipinski definition) is 3. The van der Waals surface area contributed by atoms with Crippen LogP contribution in [0.25, 0.3) is 22.5 Å². The predicted octanol–water partition coefficient (Wildman–Crippen LogP) is 2.54. The maximum Gasteiger partial charge on any atom is 0.254 e. The quantitative estimate of drug-likeness (QED) is 0.546. The fourth-order valence-electron chi connectivity index (χ4n) is 3.47. The van der Waals surface area contributed by atoms with E-state index in [-0.39, 0.29) is 29.6 Å². The number of allylic oxidation sites excluding steroid dienone is 3. The van der Waals surface area contributed by atoms with E-state index in [9.17, 15) is 14.3 Å². The van der Waals surface area contributed by atoms with E-state index in [1.165, 1.54) is 30.7 Å². The Bertz CT molecular complexity index is 1180. The summed E-state index contributed by atoms with van der Waals surface area (Å²) in [6.07, 6.45) is 12.9. The van der Waals surface area contributed by atoms with Crippen molar-refractivity contribution < 1.29 is 14.3 Å². The number of hydrogen-bond acceptors (Lipinski definition) is 7. The SMILES string of the molecule is Nc1ncc(-c2ccnnc2)nc1-c1ccc(C(=O)N[C@H](CO)C2C=CC=CC2)c(F)c1. The van der Waals surface area contributed by atoms with Crippen LogP contribution in [0.4, 0.5) is 10.2 Å². The Morgan fingerprint density at radius 3 is 2.78 bits per heavy atom. The van der Waals surface area contributed by atoms with Crippen molar-refractivity contribution in [3.05, 3.63) is 78.5 Å². The highest BCUT2D eigenvalue weighted by Gasteiger charge is 2.23. The van der Waals surface area contributed by atoms with Crippen molar-refractivity contribution in [1.82, 2.24) is 25.5 Å². The third-order valence-corrected chi connectivity index (χ3v) is 5.21. The molecule has 0 radical (unpaired) electrons. The van der Waals surface area contributed by atoms with Crippen molar-refractivity contribution in [3.8, 4) is 22.5 Å². The summed E-state index contributed by atoms with van der Waals surface area (Å²) < 4.78 is 14.9. The number of anilines is 1. The normalized spacial score (nSPS) is 16.0. The highest BCUT2D eigenvalue weighted by Crippen LogP contribution is 2.27. The molecule has 0 spiro atoms. The van der Waals surface area contributed by atoms with Gasteiger partial charge in [0.15, 0.2) is 0 Å². The molecule has 0 fully saturated rings. The average Bonchev–Trinajstić information content (AvgIpc) is 2.83. The summed E-state index contributed by atoms with van der Waals surface area (Å²) >= 11 is 0. The molecule has 0 bridgehead atoms. The number of benzene rings is 1. The first kappa shape index (κ1) is 21.3. The lowest BCUT2D eigenvalue weighted by Crippen LogP contribution is -2.42. The van der Waals surface area contributed by atoms with Gasteiger partial charge in [0.2, 0.25) is 0 Å². The van der Waals surface area contributed by atoms with Crippen molar-refractivity contribution in [2.24, 2.45) is 5.92 Å². The summed E-state index contributed by atoms with van der Waals surface area (Å²) in [7, 11) is 0. The summed E-state index contributed by atoms with van der Waals surface area (Å²) in [4.78, 5) is 21.3. The number of amides is 1. The van der Waals surface area contributed by atoms with Gasteiger partial charge >= 0.3 is 0 Å². The summed E-state index contributed by atoms with van der Waals surface area (Å²) in [6, 6.07) is 5.33. The Morgan fingerprint density at radius 1 is 1.22 bits per heavy atom. The number of nitrogen functional groups attached to an aromatic ring is 1. The number of nitrogens with zero attached hydrogens (tertiary/aromatic N) is 4. The van der Waals surface area contributed by atoms with Gasteiger partial charge in [-0.15, -0.1) is 0 Å². The summed E-state index contributed by atoms with van der Waals surface area (Å²) in [5, 5.41) is 19.9. The molecular weight excluding hydrogens is 411 g/mol. The highest BCUT2D eigenvalue weighted by atomic mass is 19.1. The molecule has 0 aliphatic heterocycles. The van der Waals surface area contributed by atoms with Crippen LogP contribution in [0.1, 0.15) is 16.8 Å². The number of carbonyl (C=O) groups excluding carboxylic acids is 1. The molecule has 4 rings (SSSR count). The second kappa shape index (κ2) is 9.44.